The highest BCUT2D eigenvalue weighted by atomic mass is 19.4. The molecule has 1 fully saturated rings. The molecule has 1 aliphatic heterocycles. The Morgan fingerprint density at radius 2 is 1.94 bits per heavy atom. The van der Waals surface area contributed by atoms with E-state index in [9.17, 15) is 18.0 Å². The minimum atomic E-state index is -4.89. The molecule has 7 heteroatoms. The van der Waals surface area contributed by atoms with E-state index in [1.165, 1.54) is 6.07 Å². The first-order chi connectivity index (χ1) is 8.47. The van der Waals surface area contributed by atoms with Gasteiger partial charge >= 0.3 is 12.0 Å². The number of rotatable bonds is 3. The second kappa shape index (κ2) is 5.11. The number of ketones is 1. The highest BCUT2D eigenvalue weighted by molar-refractivity contribution is 5.97. The molecular weight excluding hydrogens is 251 g/mol. The Labute approximate surface area is 101 Å². The second-order valence-electron chi connectivity index (χ2n) is 3.98. The van der Waals surface area contributed by atoms with E-state index in [-0.39, 0.29) is 0 Å². The predicted octanol–water partition coefficient (Wildman–Crippen LogP) is 1.86. The van der Waals surface area contributed by atoms with E-state index in [0.29, 0.717) is 38.6 Å². The first-order valence-corrected chi connectivity index (χ1v) is 5.47. The number of carbonyl (C=O) groups excluding carboxylic acids is 1. The molecule has 0 aliphatic carbocycles. The van der Waals surface area contributed by atoms with Crippen molar-refractivity contribution in [3.8, 4) is 0 Å². The monoisotopic (exact) mass is 263 g/mol. The van der Waals surface area contributed by atoms with Crippen LogP contribution < -0.4 is 0 Å². The van der Waals surface area contributed by atoms with Gasteiger partial charge in [0.1, 0.15) is 5.76 Å². The number of hydrogen-bond donors (Lipinski definition) is 0. The fraction of sp³-hybridized carbons (Fsp3) is 0.545. The highest BCUT2D eigenvalue weighted by Crippen LogP contribution is 2.23. The number of ether oxygens (including phenoxy) is 1. The number of morpholine rings is 1. The number of alkyl halides is 3. The summed E-state index contributed by atoms with van der Waals surface area (Å²) in [4.78, 5) is 12.9. The lowest BCUT2D eigenvalue weighted by atomic mass is 10.3. The number of nitrogens with zero attached hydrogens (tertiary/aromatic N) is 1. The van der Waals surface area contributed by atoms with E-state index in [1.54, 1.807) is 0 Å². The average Bonchev–Trinajstić information content (AvgIpc) is 2.76. The van der Waals surface area contributed by atoms with Crippen molar-refractivity contribution >= 4 is 5.78 Å². The van der Waals surface area contributed by atoms with E-state index >= 15 is 0 Å². The van der Waals surface area contributed by atoms with Crippen molar-refractivity contribution in [1.29, 1.82) is 0 Å². The third kappa shape index (κ3) is 3.11. The Hall–Kier alpha value is -1.34. The second-order valence-corrected chi connectivity index (χ2v) is 3.98. The Balaban J connectivity index is 1.99. The minimum absolute atomic E-state index is 0.351. The smallest absolute Gasteiger partial charge is 0.456 e. The van der Waals surface area contributed by atoms with E-state index in [1.807, 2.05) is 4.90 Å². The van der Waals surface area contributed by atoms with Crippen molar-refractivity contribution in [3.63, 3.8) is 0 Å². The lowest BCUT2D eigenvalue weighted by Gasteiger charge is -2.25. The van der Waals surface area contributed by atoms with Crippen LogP contribution in [0.1, 0.15) is 16.3 Å². The van der Waals surface area contributed by atoms with E-state index < -0.39 is 17.7 Å². The van der Waals surface area contributed by atoms with Gasteiger partial charge in [-0.2, -0.15) is 13.2 Å². The van der Waals surface area contributed by atoms with Crippen LogP contribution in [0.5, 0.6) is 0 Å². The van der Waals surface area contributed by atoms with Gasteiger partial charge in [0.25, 0.3) is 0 Å². The summed E-state index contributed by atoms with van der Waals surface area (Å²) in [5, 5.41) is 0. The van der Waals surface area contributed by atoms with Crippen LogP contribution in [0.3, 0.4) is 0 Å². The molecular formula is C11H12F3NO3. The highest BCUT2D eigenvalue weighted by Gasteiger charge is 2.41. The van der Waals surface area contributed by atoms with Gasteiger partial charge in [0.05, 0.1) is 19.8 Å². The summed E-state index contributed by atoms with van der Waals surface area (Å²) in [7, 11) is 0. The zero-order valence-corrected chi connectivity index (χ0v) is 9.50. The zero-order chi connectivity index (χ0) is 13.2. The lowest BCUT2D eigenvalue weighted by molar-refractivity contribution is -0.0900. The Kier molecular flexibility index (Phi) is 3.72. The van der Waals surface area contributed by atoms with Crippen LogP contribution in [0.25, 0.3) is 0 Å². The van der Waals surface area contributed by atoms with Gasteiger partial charge in [-0.15, -0.1) is 0 Å². The number of hydrogen-bond acceptors (Lipinski definition) is 4. The minimum Gasteiger partial charge on any atom is -0.456 e. The zero-order valence-electron chi connectivity index (χ0n) is 9.50. The third-order valence-electron chi connectivity index (χ3n) is 2.63. The molecule has 0 atom stereocenters. The largest absolute Gasteiger partial charge is 0.458 e. The molecule has 100 valence electrons. The molecule has 0 radical (unpaired) electrons. The maximum absolute atomic E-state index is 12.2. The van der Waals surface area contributed by atoms with Crippen LogP contribution in [0.15, 0.2) is 16.5 Å². The molecule has 0 spiro atoms. The third-order valence-corrected chi connectivity index (χ3v) is 2.63. The molecule has 0 N–H and O–H groups in total. The average molecular weight is 263 g/mol. The molecule has 0 amide bonds. The molecule has 1 aromatic heterocycles. The van der Waals surface area contributed by atoms with Gasteiger partial charge in [-0.1, -0.05) is 0 Å². The topological polar surface area (TPSA) is 42.7 Å². The van der Waals surface area contributed by atoms with Crippen LogP contribution >= 0.6 is 0 Å². The number of furan rings is 1. The van der Waals surface area contributed by atoms with Gasteiger partial charge in [0.2, 0.25) is 0 Å². The van der Waals surface area contributed by atoms with Crippen molar-refractivity contribution in [3.05, 3.63) is 23.7 Å². The van der Waals surface area contributed by atoms with Gasteiger partial charge in [0.15, 0.2) is 5.76 Å². The van der Waals surface area contributed by atoms with E-state index in [4.69, 9.17) is 9.15 Å². The molecule has 1 aliphatic rings. The maximum Gasteiger partial charge on any atom is 0.458 e. The Bertz CT molecular complexity index is 421. The molecule has 1 saturated heterocycles. The fourth-order valence-corrected chi connectivity index (χ4v) is 1.70. The molecule has 0 bridgehead atoms. The van der Waals surface area contributed by atoms with Crippen molar-refractivity contribution in [2.45, 2.75) is 12.7 Å². The maximum atomic E-state index is 12.2. The first-order valence-electron chi connectivity index (χ1n) is 5.47. The van der Waals surface area contributed by atoms with Crippen LogP contribution in [-0.2, 0) is 11.3 Å². The quantitative estimate of drug-likeness (QED) is 0.781. The van der Waals surface area contributed by atoms with Crippen molar-refractivity contribution in [1.82, 2.24) is 4.90 Å². The lowest BCUT2D eigenvalue weighted by Crippen LogP contribution is -2.35. The molecule has 0 saturated carbocycles. The van der Waals surface area contributed by atoms with Crippen molar-refractivity contribution in [2.24, 2.45) is 0 Å². The first kappa shape index (κ1) is 13.1. The Morgan fingerprint density at radius 1 is 1.28 bits per heavy atom. The molecule has 2 rings (SSSR count). The van der Waals surface area contributed by atoms with Crippen LogP contribution in [0.4, 0.5) is 13.2 Å². The van der Waals surface area contributed by atoms with Gasteiger partial charge in [0, 0.05) is 13.1 Å². The summed E-state index contributed by atoms with van der Waals surface area (Å²) in [6.07, 6.45) is -4.89. The van der Waals surface area contributed by atoms with Gasteiger partial charge < -0.3 is 9.15 Å². The summed E-state index contributed by atoms with van der Waals surface area (Å²) in [5.74, 6) is -2.26. The van der Waals surface area contributed by atoms with Crippen LogP contribution in [0, 0.1) is 0 Å². The summed E-state index contributed by atoms with van der Waals surface area (Å²) in [6, 6.07) is 2.46. The Morgan fingerprint density at radius 3 is 2.56 bits per heavy atom. The summed E-state index contributed by atoms with van der Waals surface area (Å²) in [5.41, 5.74) is 0. The van der Waals surface area contributed by atoms with Crippen LogP contribution in [-0.4, -0.2) is 43.2 Å². The predicted molar refractivity (Wildman–Crippen MR) is 55.2 cm³/mol. The fourth-order valence-electron chi connectivity index (χ4n) is 1.70. The van der Waals surface area contributed by atoms with Crippen molar-refractivity contribution < 1.29 is 27.1 Å². The number of Topliss-reactive ketones (excluding diaryl/α,β-unsaturated/α-hetero) is 1. The number of carbonyl (C=O) groups is 1. The standard InChI is InChI=1S/C11H12F3NO3/c12-11(13,14)10(16)9-2-1-8(18-9)7-15-3-5-17-6-4-15/h1-2H,3-7H2. The summed E-state index contributed by atoms with van der Waals surface area (Å²) in [6.45, 7) is 2.96. The normalized spacial score (nSPS) is 17.9. The number of halogens is 3. The molecule has 18 heavy (non-hydrogen) atoms. The summed E-state index contributed by atoms with van der Waals surface area (Å²) < 4.78 is 46.6. The van der Waals surface area contributed by atoms with E-state index in [2.05, 4.69) is 0 Å². The SMILES string of the molecule is O=C(c1ccc(CN2CCOCC2)o1)C(F)(F)F. The molecule has 2 heterocycles. The summed E-state index contributed by atoms with van der Waals surface area (Å²) >= 11 is 0. The molecule has 0 aromatic carbocycles. The van der Waals surface area contributed by atoms with Gasteiger partial charge in [-0.3, -0.25) is 9.69 Å². The molecule has 1 aromatic rings. The van der Waals surface area contributed by atoms with Gasteiger partial charge in [-0.25, -0.2) is 0 Å². The molecule has 0 unspecified atom stereocenters. The van der Waals surface area contributed by atoms with Crippen LogP contribution in [0.2, 0.25) is 0 Å². The molecule has 4 nitrogen and oxygen atoms in total. The van der Waals surface area contributed by atoms with Gasteiger partial charge in [-0.05, 0) is 12.1 Å². The van der Waals surface area contributed by atoms with E-state index in [0.717, 1.165) is 6.07 Å². The van der Waals surface area contributed by atoms with Crippen molar-refractivity contribution in [2.75, 3.05) is 26.3 Å².